The topological polar surface area (TPSA) is 56.9 Å². The zero-order valence-electron chi connectivity index (χ0n) is 12.9. The van der Waals surface area contributed by atoms with Crippen molar-refractivity contribution < 1.29 is 0 Å². The molecule has 0 aromatic carbocycles. The third-order valence-electron chi connectivity index (χ3n) is 3.19. The highest BCUT2D eigenvalue weighted by molar-refractivity contribution is 14.0. The van der Waals surface area contributed by atoms with Crippen molar-refractivity contribution in [1.82, 2.24) is 15.1 Å². The van der Waals surface area contributed by atoms with E-state index in [0.29, 0.717) is 12.0 Å². The van der Waals surface area contributed by atoms with Crippen LogP contribution < -0.4 is 11.1 Å². The van der Waals surface area contributed by atoms with E-state index >= 15 is 0 Å². The molecule has 1 unspecified atom stereocenters. The second-order valence-electron chi connectivity index (χ2n) is 6.29. The summed E-state index contributed by atoms with van der Waals surface area (Å²) in [6.07, 6.45) is 0. The monoisotopic (exact) mass is 383 g/mol. The van der Waals surface area contributed by atoms with Gasteiger partial charge in [0.25, 0.3) is 0 Å². The largest absolute Gasteiger partial charge is 0.370 e. The minimum Gasteiger partial charge on any atom is -0.370 e. The molecule has 1 rings (SSSR count). The van der Waals surface area contributed by atoms with Gasteiger partial charge < -0.3 is 16.0 Å². The van der Waals surface area contributed by atoms with Crippen molar-refractivity contribution in [2.45, 2.75) is 39.3 Å². The van der Waals surface area contributed by atoms with Crippen LogP contribution in [0.1, 0.15) is 27.7 Å². The molecule has 1 aliphatic heterocycles. The van der Waals surface area contributed by atoms with E-state index in [0.717, 1.165) is 32.7 Å². The lowest BCUT2D eigenvalue weighted by Crippen LogP contribution is -2.49. The van der Waals surface area contributed by atoms with Crippen molar-refractivity contribution in [3.63, 3.8) is 0 Å². The summed E-state index contributed by atoms with van der Waals surface area (Å²) in [4.78, 5) is 9.27. The van der Waals surface area contributed by atoms with Gasteiger partial charge in [-0.2, -0.15) is 0 Å². The van der Waals surface area contributed by atoms with Gasteiger partial charge in [-0.15, -0.1) is 24.0 Å². The van der Waals surface area contributed by atoms with Crippen LogP contribution in [0.25, 0.3) is 0 Å². The minimum atomic E-state index is -0.0232. The summed E-state index contributed by atoms with van der Waals surface area (Å²) in [5.74, 6) is 0.545. The number of halogens is 1. The molecule has 1 aliphatic rings. The summed E-state index contributed by atoms with van der Waals surface area (Å²) < 4.78 is 0. The fourth-order valence-corrected chi connectivity index (χ4v) is 2.03. The van der Waals surface area contributed by atoms with Crippen molar-refractivity contribution in [2.75, 3.05) is 39.8 Å². The molecule has 6 heteroatoms. The van der Waals surface area contributed by atoms with Gasteiger partial charge >= 0.3 is 0 Å². The molecule has 0 bridgehead atoms. The number of rotatable bonds is 3. The van der Waals surface area contributed by atoms with Gasteiger partial charge in [0.05, 0.1) is 6.54 Å². The van der Waals surface area contributed by atoms with E-state index in [1.807, 2.05) is 0 Å². The molecule has 0 radical (unpaired) electrons. The van der Waals surface area contributed by atoms with Crippen LogP contribution in [0.3, 0.4) is 0 Å². The molecule has 0 amide bonds. The number of likely N-dealkylation sites (N-methyl/N-ethyl adjacent to an activating group) is 1. The number of piperazine rings is 1. The molecule has 19 heavy (non-hydrogen) atoms. The highest BCUT2D eigenvalue weighted by Gasteiger charge is 2.18. The van der Waals surface area contributed by atoms with Crippen LogP contribution in [0.15, 0.2) is 4.99 Å². The first-order chi connectivity index (χ1) is 8.28. The van der Waals surface area contributed by atoms with E-state index in [1.165, 1.54) is 0 Å². The molecular weight excluding hydrogens is 353 g/mol. The molecule has 0 aliphatic carbocycles. The second kappa shape index (κ2) is 8.26. The van der Waals surface area contributed by atoms with E-state index in [1.54, 1.807) is 0 Å². The Labute approximate surface area is 135 Å². The quantitative estimate of drug-likeness (QED) is 0.433. The van der Waals surface area contributed by atoms with Crippen molar-refractivity contribution in [3.05, 3.63) is 0 Å². The SMILES string of the molecule is CC(CN=C(N)NC(C)(C)C)N1CCN(C)CC1.I. The first-order valence-corrected chi connectivity index (χ1v) is 6.78. The molecule has 0 saturated carbocycles. The number of nitrogens with zero attached hydrogens (tertiary/aromatic N) is 3. The lowest BCUT2D eigenvalue weighted by Gasteiger charge is -2.35. The minimum absolute atomic E-state index is 0. The van der Waals surface area contributed by atoms with Crippen LogP contribution in [0, 0.1) is 0 Å². The Bertz CT molecular complexity index is 279. The molecular formula is C13H30IN5. The maximum absolute atomic E-state index is 5.87. The lowest BCUT2D eigenvalue weighted by molar-refractivity contribution is 0.122. The molecule has 0 spiro atoms. The van der Waals surface area contributed by atoms with Crippen LogP contribution in [0.2, 0.25) is 0 Å². The van der Waals surface area contributed by atoms with Gasteiger partial charge in [0.15, 0.2) is 5.96 Å². The highest BCUT2D eigenvalue weighted by Crippen LogP contribution is 2.05. The van der Waals surface area contributed by atoms with E-state index in [9.17, 15) is 0 Å². The van der Waals surface area contributed by atoms with Crippen LogP contribution in [-0.2, 0) is 0 Å². The summed E-state index contributed by atoms with van der Waals surface area (Å²) in [7, 11) is 2.17. The normalized spacial score (nSPS) is 20.8. The van der Waals surface area contributed by atoms with Gasteiger partial charge in [0, 0.05) is 37.8 Å². The number of nitrogens with one attached hydrogen (secondary N) is 1. The highest BCUT2D eigenvalue weighted by atomic mass is 127. The Hall–Kier alpha value is -0.0800. The van der Waals surface area contributed by atoms with Gasteiger partial charge in [-0.05, 0) is 34.7 Å². The lowest BCUT2D eigenvalue weighted by atomic mass is 10.1. The third kappa shape index (κ3) is 7.94. The molecule has 5 nitrogen and oxygen atoms in total. The maximum atomic E-state index is 5.87. The summed E-state index contributed by atoms with van der Waals surface area (Å²) in [6.45, 7) is 13.8. The van der Waals surface area contributed by atoms with Gasteiger partial charge in [-0.1, -0.05) is 0 Å². The van der Waals surface area contributed by atoms with Gasteiger partial charge in [-0.3, -0.25) is 9.89 Å². The van der Waals surface area contributed by atoms with Crippen molar-refractivity contribution in [3.8, 4) is 0 Å². The predicted octanol–water partition coefficient (Wildman–Crippen LogP) is 0.943. The maximum Gasteiger partial charge on any atom is 0.189 e. The smallest absolute Gasteiger partial charge is 0.189 e. The van der Waals surface area contributed by atoms with E-state index in [2.05, 4.69) is 54.9 Å². The van der Waals surface area contributed by atoms with Crippen LogP contribution in [0.5, 0.6) is 0 Å². The first kappa shape index (κ1) is 18.9. The van der Waals surface area contributed by atoms with Gasteiger partial charge in [0.2, 0.25) is 0 Å². The first-order valence-electron chi connectivity index (χ1n) is 6.78. The number of guanidine groups is 1. The Balaban J connectivity index is 0.00000324. The molecule has 1 heterocycles. The fourth-order valence-electron chi connectivity index (χ4n) is 2.03. The predicted molar refractivity (Wildman–Crippen MR) is 93.3 cm³/mol. The molecule has 1 saturated heterocycles. The van der Waals surface area contributed by atoms with Crippen molar-refractivity contribution in [2.24, 2.45) is 10.7 Å². The van der Waals surface area contributed by atoms with Crippen LogP contribution >= 0.6 is 24.0 Å². The molecule has 3 N–H and O–H groups in total. The average Bonchev–Trinajstić information content (AvgIpc) is 2.24. The van der Waals surface area contributed by atoms with E-state index in [-0.39, 0.29) is 29.5 Å². The summed E-state index contributed by atoms with van der Waals surface area (Å²) in [6, 6.07) is 0.457. The zero-order valence-corrected chi connectivity index (χ0v) is 15.3. The Morgan fingerprint density at radius 2 is 1.79 bits per heavy atom. The number of aliphatic imine (C=N–C) groups is 1. The fraction of sp³-hybridized carbons (Fsp3) is 0.923. The number of nitrogens with two attached hydrogens (primary N) is 1. The molecule has 114 valence electrons. The van der Waals surface area contributed by atoms with E-state index in [4.69, 9.17) is 5.73 Å². The van der Waals surface area contributed by atoms with Crippen molar-refractivity contribution >= 4 is 29.9 Å². The third-order valence-corrected chi connectivity index (χ3v) is 3.19. The van der Waals surface area contributed by atoms with Crippen LogP contribution in [-0.4, -0.2) is 67.1 Å². The summed E-state index contributed by atoms with van der Waals surface area (Å²) in [5, 5.41) is 3.19. The standard InChI is InChI=1S/C13H29N5.HI/c1-11(18-8-6-17(5)7-9-18)10-15-12(14)16-13(2,3)4;/h11H,6-10H2,1-5H3,(H3,14,15,16);1H. The molecule has 1 fully saturated rings. The summed E-state index contributed by atoms with van der Waals surface area (Å²) in [5.41, 5.74) is 5.85. The van der Waals surface area contributed by atoms with Gasteiger partial charge in [-0.25, -0.2) is 0 Å². The zero-order chi connectivity index (χ0) is 13.8. The molecule has 0 aromatic heterocycles. The Kier molecular flexibility index (Phi) is 8.23. The molecule has 1 atom stereocenters. The van der Waals surface area contributed by atoms with Crippen LogP contribution in [0.4, 0.5) is 0 Å². The average molecular weight is 383 g/mol. The Morgan fingerprint density at radius 3 is 2.26 bits per heavy atom. The van der Waals surface area contributed by atoms with Gasteiger partial charge in [0.1, 0.15) is 0 Å². The second-order valence-corrected chi connectivity index (χ2v) is 6.29. The number of hydrogen-bond acceptors (Lipinski definition) is 3. The van der Waals surface area contributed by atoms with E-state index < -0.39 is 0 Å². The number of hydrogen-bond donors (Lipinski definition) is 2. The summed E-state index contributed by atoms with van der Waals surface area (Å²) >= 11 is 0. The molecule has 0 aromatic rings. The Morgan fingerprint density at radius 1 is 1.26 bits per heavy atom. The van der Waals surface area contributed by atoms with Crippen molar-refractivity contribution in [1.29, 1.82) is 0 Å².